The van der Waals surface area contributed by atoms with Gasteiger partial charge in [-0.3, -0.25) is 19.8 Å². The van der Waals surface area contributed by atoms with Gasteiger partial charge >= 0.3 is 5.69 Å². The molecule has 2 heterocycles. The van der Waals surface area contributed by atoms with Crippen LogP contribution in [0.25, 0.3) is 0 Å². The zero-order valence-corrected chi connectivity index (χ0v) is 14.7. The van der Waals surface area contributed by atoms with Crippen LogP contribution in [0.15, 0.2) is 15.8 Å². The highest BCUT2D eigenvalue weighted by Gasteiger charge is 2.46. The van der Waals surface area contributed by atoms with E-state index in [2.05, 4.69) is 4.98 Å². The monoisotopic (exact) mass is 379 g/mol. The number of aromatic amines is 1. The summed E-state index contributed by atoms with van der Waals surface area (Å²) in [6.45, 7) is 1.79. The Hall–Kier alpha value is -1.17. The molecule has 1 aromatic heterocycles. The van der Waals surface area contributed by atoms with Gasteiger partial charge in [-0.2, -0.15) is 0 Å². The van der Waals surface area contributed by atoms with E-state index in [9.17, 15) is 14.7 Å². The van der Waals surface area contributed by atoms with Gasteiger partial charge in [0.25, 0.3) is 5.56 Å². The molecule has 0 amide bonds. The quantitative estimate of drug-likeness (QED) is 0.306. The number of nitrogens with one attached hydrogen (secondary N) is 1. The third-order valence-electron chi connectivity index (χ3n) is 3.70. The summed E-state index contributed by atoms with van der Waals surface area (Å²) in [5, 5.41) is 10.4. The molecule has 1 fully saturated rings. The number of hydrogen-bond acceptors (Lipinski definition) is 9. The Morgan fingerprint density at radius 3 is 2.80 bits per heavy atom. The van der Waals surface area contributed by atoms with Crippen LogP contribution in [-0.4, -0.2) is 64.8 Å². The first-order chi connectivity index (χ1) is 11.8. The van der Waals surface area contributed by atoms with Crippen molar-refractivity contribution in [2.75, 3.05) is 26.9 Å². The first-order valence-corrected chi connectivity index (χ1v) is 8.76. The maximum Gasteiger partial charge on any atom is 0.330 e. The Morgan fingerprint density at radius 2 is 2.16 bits per heavy atom. The normalized spacial score (nSPS) is 27.6. The molecule has 0 aromatic carbocycles. The number of nitrogens with two attached hydrogens (primary N) is 1. The van der Waals surface area contributed by atoms with Crippen LogP contribution in [0.5, 0.6) is 0 Å². The third kappa shape index (κ3) is 4.93. The predicted octanol–water partition coefficient (Wildman–Crippen LogP) is -1.67. The van der Waals surface area contributed by atoms with Crippen LogP contribution in [0.2, 0.25) is 0 Å². The molecule has 0 saturated carbocycles. The van der Waals surface area contributed by atoms with Gasteiger partial charge in [0.2, 0.25) is 8.53 Å². The Balaban J connectivity index is 2.26. The molecule has 5 N–H and O–H groups in total. The van der Waals surface area contributed by atoms with E-state index < -0.39 is 44.3 Å². The summed E-state index contributed by atoms with van der Waals surface area (Å²) < 4.78 is 22.2. The molecular formula is C13H22N3O8P. The highest BCUT2D eigenvalue weighted by molar-refractivity contribution is 7.43. The lowest BCUT2D eigenvalue weighted by molar-refractivity contribution is -0.0813. The van der Waals surface area contributed by atoms with Gasteiger partial charge in [-0.1, -0.05) is 0 Å². The molecular weight excluding hydrogens is 357 g/mol. The van der Waals surface area contributed by atoms with Crippen LogP contribution in [0.4, 0.5) is 0 Å². The van der Waals surface area contributed by atoms with E-state index in [0.717, 1.165) is 4.57 Å². The number of methoxy groups -OCH3 is 1. The first-order valence-electron chi connectivity index (χ1n) is 7.48. The van der Waals surface area contributed by atoms with E-state index in [4.69, 9.17) is 29.1 Å². The van der Waals surface area contributed by atoms with Crippen molar-refractivity contribution in [3.8, 4) is 0 Å². The molecule has 142 valence electrons. The lowest BCUT2D eigenvalue weighted by Gasteiger charge is -2.22. The molecule has 0 radical (unpaired) electrons. The van der Waals surface area contributed by atoms with E-state index in [1.165, 1.54) is 20.2 Å². The lowest BCUT2D eigenvalue weighted by Crippen LogP contribution is -2.40. The summed E-state index contributed by atoms with van der Waals surface area (Å²) in [6, 6.07) is 0. The third-order valence-corrected chi connectivity index (χ3v) is 4.12. The Morgan fingerprint density at radius 1 is 1.44 bits per heavy atom. The molecule has 25 heavy (non-hydrogen) atoms. The van der Waals surface area contributed by atoms with Crippen molar-refractivity contribution >= 4 is 8.53 Å². The molecule has 1 saturated heterocycles. The number of aromatic nitrogens is 2. The van der Waals surface area contributed by atoms with Crippen molar-refractivity contribution in [2.45, 2.75) is 31.5 Å². The number of nitrogens with zero attached hydrogens (tertiary/aromatic N) is 1. The molecule has 0 aliphatic carbocycles. The smallest absolute Gasteiger partial charge is 0.330 e. The van der Waals surface area contributed by atoms with Crippen LogP contribution in [0.3, 0.4) is 0 Å². The molecule has 0 bridgehead atoms. The second-order valence-electron chi connectivity index (χ2n) is 5.46. The Bertz CT molecular complexity index is 678. The van der Waals surface area contributed by atoms with Gasteiger partial charge in [-0.15, -0.1) is 0 Å². The van der Waals surface area contributed by atoms with Crippen LogP contribution < -0.4 is 16.8 Å². The SMILES string of the molecule is COCCO[C@@H]1[C@H](O)[C@@H](COP(N)O)O[C@H]1n1cc(C)c(=O)[nH]c1=O. The maximum atomic E-state index is 12.1. The number of ether oxygens (including phenoxy) is 3. The molecule has 11 nitrogen and oxygen atoms in total. The van der Waals surface area contributed by atoms with Crippen LogP contribution in [0.1, 0.15) is 11.8 Å². The van der Waals surface area contributed by atoms with Crippen LogP contribution in [0, 0.1) is 6.92 Å². The zero-order valence-electron chi connectivity index (χ0n) is 13.8. The summed E-state index contributed by atoms with van der Waals surface area (Å²) >= 11 is 0. The molecule has 1 aromatic rings. The fourth-order valence-corrected chi connectivity index (χ4v) is 2.75. The first kappa shape index (κ1) is 20.1. The molecule has 0 spiro atoms. The van der Waals surface area contributed by atoms with Gasteiger partial charge < -0.3 is 28.7 Å². The standard InChI is InChI=1S/C13H22N3O8P/c1-7-5-16(13(19)15-11(7)18)12-10(22-4-3-21-2)9(17)8(24-12)6-23-25(14)20/h5,8-10,12,17,20H,3-4,6,14H2,1-2H3,(H,15,18,19)/t8-,9-,10-,12-,25?/m1/s1. The fourth-order valence-electron chi connectivity index (χ4n) is 2.45. The van der Waals surface area contributed by atoms with Crippen molar-refractivity contribution in [2.24, 2.45) is 5.50 Å². The van der Waals surface area contributed by atoms with Crippen molar-refractivity contribution in [1.82, 2.24) is 9.55 Å². The number of H-pyrrole nitrogens is 1. The summed E-state index contributed by atoms with van der Waals surface area (Å²) in [4.78, 5) is 34.9. The van der Waals surface area contributed by atoms with Gasteiger partial charge in [0.15, 0.2) is 6.23 Å². The fraction of sp³-hybridized carbons (Fsp3) is 0.692. The minimum atomic E-state index is -2.12. The lowest BCUT2D eigenvalue weighted by atomic mass is 10.1. The van der Waals surface area contributed by atoms with Crippen molar-refractivity contribution in [3.05, 3.63) is 32.6 Å². The van der Waals surface area contributed by atoms with E-state index in [1.807, 2.05) is 0 Å². The van der Waals surface area contributed by atoms with Crippen molar-refractivity contribution in [1.29, 1.82) is 0 Å². The van der Waals surface area contributed by atoms with Crippen LogP contribution >= 0.6 is 8.53 Å². The molecule has 1 aliphatic heterocycles. The molecule has 12 heteroatoms. The average molecular weight is 379 g/mol. The summed E-state index contributed by atoms with van der Waals surface area (Å²) in [5.41, 5.74) is 4.27. The number of aryl methyl sites for hydroxylation is 1. The van der Waals surface area contributed by atoms with Crippen molar-refractivity contribution in [3.63, 3.8) is 0 Å². The van der Waals surface area contributed by atoms with Crippen molar-refractivity contribution < 1.29 is 28.7 Å². The predicted molar refractivity (Wildman–Crippen MR) is 86.9 cm³/mol. The van der Waals surface area contributed by atoms with E-state index in [1.54, 1.807) is 0 Å². The van der Waals surface area contributed by atoms with Gasteiger partial charge in [0, 0.05) is 18.9 Å². The Labute approximate surface area is 144 Å². The maximum absolute atomic E-state index is 12.1. The summed E-state index contributed by atoms with van der Waals surface area (Å²) in [7, 11) is -0.616. The molecule has 1 unspecified atom stereocenters. The highest BCUT2D eigenvalue weighted by Crippen LogP contribution is 2.33. The topological polar surface area (TPSA) is 158 Å². The van der Waals surface area contributed by atoms with Gasteiger partial charge in [0.05, 0.1) is 19.8 Å². The number of aliphatic hydroxyl groups is 1. The summed E-state index contributed by atoms with van der Waals surface area (Å²) in [6.07, 6.45) is -2.59. The minimum Gasteiger partial charge on any atom is -0.387 e. The second kappa shape index (κ2) is 8.97. The van der Waals surface area contributed by atoms with E-state index in [0.29, 0.717) is 5.56 Å². The second-order valence-corrected chi connectivity index (χ2v) is 6.32. The number of rotatable bonds is 8. The minimum absolute atomic E-state index is 0.159. The number of hydrogen-bond donors (Lipinski definition) is 4. The highest BCUT2D eigenvalue weighted by atomic mass is 31.2. The number of aliphatic hydroxyl groups excluding tert-OH is 1. The Kier molecular flexibility index (Phi) is 7.23. The molecule has 2 rings (SSSR count). The molecule has 5 atom stereocenters. The van der Waals surface area contributed by atoms with Crippen LogP contribution in [-0.2, 0) is 18.7 Å². The van der Waals surface area contributed by atoms with E-state index >= 15 is 0 Å². The average Bonchev–Trinajstić information content (AvgIpc) is 2.85. The van der Waals surface area contributed by atoms with Gasteiger partial charge in [-0.25, -0.2) is 4.79 Å². The zero-order chi connectivity index (χ0) is 18.6. The van der Waals surface area contributed by atoms with Gasteiger partial charge in [0.1, 0.15) is 18.3 Å². The summed E-state index contributed by atoms with van der Waals surface area (Å²) in [5.74, 6) is 0. The molecule has 1 aliphatic rings. The van der Waals surface area contributed by atoms with Gasteiger partial charge in [-0.05, 0) is 6.92 Å². The van der Waals surface area contributed by atoms with E-state index in [-0.39, 0.29) is 19.8 Å². The largest absolute Gasteiger partial charge is 0.387 e.